The summed E-state index contributed by atoms with van der Waals surface area (Å²) in [5.41, 5.74) is 2.35. The summed E-state index contributed by atoms with van der Waals surface area (Å²) in [6.45, 7) is 8.58. The van der Waals surface area contributed by atoms with E-state index in [-0.39, 0.29) is 23.5 Å². The van der Waals surface area contributed by atoms with Gasteiger partial charge in [-0.15, -0.1) is 11.3 Å². The molecule has 3 aromatic rings. The molecule has 2 aromatic heterocycles. The van der Waals surface area contributed by atoms with Crippen LogP contribution in [0.1, 0.15) is 65.9 Å². The van der Waals surface area contributed by atoms with E-state index < -0.39 is 0 Å². The Balaban J connectivity index is 1.24. The summed E-state index contributed by atoms with van der Waals surface area (Å²) in [5.74, 6) is -0.605. The van der Waals surface area contributed by atoms with Gasteiger partial charge in [0.15, 0.2) is 5.13 Å². The molecule has 2 fully saturated rings. The quantitative estimate of drug-likeness (QED) is 0.318. The summed E-state index contributed by atoms with van der Waals surface area (Å²) in [4.78, 5) is 43.9. The van der Waals surface area contributed by atoms with Crippen molar-refractivity contribution in [2.24, 2.45) is 0 Å². The summed E-state index contributed by atoms with van der Waals surface area (Å²) in [6.07, 6.45) is 7.30. The number of ether oxygens (including phenoxy) is 2. The predicted octanol–water partition coefficient (Wildman–Crippen LogP) is 3.98. The Labute approximate surface area is 250 Å². The van der Waals surface area contributed by atoms with Crippen molar-refractivity contribution in [1.82, 2.24) is 25.2 Å². The minimum absolute atomic E-state index is 0.0411. The minimum atomic E-state index is -0.351. The number of thiazole rings is 1. The minimum Gasteiger partial charge on any atom is -0.460 e. The first-order valence-corrected chi connectivity index (χ1v) is 15.3. The maximum absolute atomic E-state index is 13.3. The van der Waals surface area contributed by atoms with E-state index in [4.69, 9.17) is 9.47 Å². The summed E-state index contributed by atoms with van der Waals surface area (Å²) in [6, 6.07) is 7.83. The number of rotatable bonds is 11. The average molecular weight is 594 g/mol. The van der Waals surface area contributed by atoms with Gasteiger partial charge in [-0.25, -0.2) is 15.0 Å². The fraction of sp³-hybridized carbons (Fsp3) is 0.500. The molecule has 12 heteroatoms. The van der Waals surface area contributed by atoms with E-state index in [1.54, 1.807) is 30.9 Å². The van der Waals surface area contributed by atoms with Crippen LogP contribution in [0.2, 0.25) is 0 Å². The third kappa shape index (κ3) is 7.42. The summed E-state index contributed by atoms with van der Waals surface area (Å²) in [5, 5.41) is 8.37. The van der Waals surface area contributed by atoms with E-state index in [0.29, 0.717) is 36.1 Å². The number of methoxy groups -OCH3 is 1. The number of piperidine rings is 1. The van der Waals surface area contributed by atoms with Gasteiger partial charge in [-0.3, -0.25) is 14.5 Å². The van der Waals surface area contributed by atoms with Crippen LogP contribution in [0, 0.1) is 0 Å². The number of amides is 2. The number of likely N-dealkylation sites (tertiary alicyclic amines) is 1. The molecule has 2 saturated heterocycles. The molecule has 0 radical (unpaired) electrons. The average Bonchev–Trinajstić information content (AvgIpc) is 3.61. The lowest BCUT2D eigenvalue weighted by Crippen LogP contribution is -2.38. The highest BCUT2D eigenvalue weighted by atomic mass is 32.1. The number of hydrogen-bond acceptors (Lipinski definition) is 10. The zero-order valence-electron chi connectivity index (χ0n) is 24.5. The molecule has 2 aliphatic rings. The molecule has 0 atom stereocenters. The molecule has 2 aliphatic heterocycles. The topological polar surface area (TPSA) is 122 Å². The number of nitrogens with zero attached hydrogens (tertiary/aromatic N) is 5. The van der Waals surface area contributed by atoms with Crippen molar-refractivity contribution >= 4 is 34.0 Å². The molecule has 0 bridgehead atoms. The van der Waals surface area contributed by atoms with Crippen molar-refractivity contribution in [3.8, 4) is 6.01 Å². The normalized spacial score (nSPS) is 17.3. The van der Waals surface area contributed by atoms with Gasteiger partial charge in [0.05, 0.1) is 17.9 Å². The van der Waals surface area contributed by atoms with Crippen molar-refractivity contribution in [1.29, 1.82) is 0 Å². The van der Waals surface area contributed by atoms with Crippen LogP contribution in [0.3, 0.4) is 0 Å². The molecule has 11 nitrogen and oxygen atoms in total. The first-order chi connectivity index (χ1) is 20.3. The van der Waals surface area contributed by atoms with E-state index in [2.05, 4.69) is 49.2 Å². The smallest absolute Gasteiger partial charge is 0.316 e. The van der Waals surface area contributed by atoms with E-state index >= 15 is 0 Å². The lowest BCUT2D eigenvalue weighted by Gasteiger charge is -2.31. The Kier molecular flexibility index (Phi) is 9.65. The van der Waals surface area contributed by atoms with Crippen molar-refractivity contribution in [2.75, 3.05) is 50.1 Å². The SMILES string of the molecule is COCCNC(=O)c1cc(CN2CCCC2(C)C)ccc1NC(=O)c1csc(N2CCC(Oc3ncccn3)CC2)n1. The van der Waals surface area contributed by atoms with Crippen LogP contribution in [0.15, 0.2) is 42.0 Å². The number of nitrogens with one attached hydrogen (secondary N) is 2. The fourth-order valence-corrected chi connectivity index (χ4v) is 6.25. The van der Waals surface area contributed by atoms with Crippen LogP contribution in [-0.2, 0) is 11.3 Å². The summed E-state index contributed by atoms with van der Waals surface area (Å²) in [7, 11) is 1.59. The van der Waals surface area contributed by atoms with Crippen LogP contribution in [-0.4, -0.2) is 83.2 Å². The van der Waals surface area contributed by atoms with Gasteiger partial charge in [0, 0.05) is 69.4 Å². The standard InChI is InChI=1S/C30H39N7O4S/c1-30(2)10-4-14-37(30)19-21-6-7-24(23(18-21)26(38)31-13-17-40-3)34-27(39)25-20-42-29(35-25)36-15-8-22(9-16-36)41-28-32-11-5-12-33-28/h5-7,11-12,18,20,22H,4,8-10,13-17,19H2,1-3H3,(H,31,38)(H,34,39). The monoisotopic (exact) mass is 593 g/mol. The first-order valence-electron chi connectivity index (χ1n) is 14.4. The van der Waals surface area contributed by atoms with Crippen molar-refractivity contribution in [3.63, 3.8) is 0 Å². The van der Waals surface area contributed by atoms with E-state index in [1.807, 2.05) is 18.2 Å². The number of aromatic nitrogens is 3. The zero-order valence-corrected chi connectivity index (χ0v) is 25.3. The van der Waals surface area contributed by atoms with Gasteiger partial charge in [0.25, 0.3) is 11.8 Å². The number of hydrogen-bond donors (Lipinski definition) is 2. The zero-order chi connectivity index (χ0) is 29.5. The van der Waals surface area contributed by atoms with Crippen molar-refractivity contribution < 1.29 is 19.1 Å². The van der Waals surface area contributed by atoms with Gasteiger partial charge in [0.2, 0.25) is 0 Å². The number of anilines is 2. The Morgan fingerprint density at radius 2 is 1.90 bits per heavy atom. The number of benzene rings is 1. The Bertz CT molecular complexity index is 1360. The van der Waals surface area contributed by atoms with Gasteiger partial charge < -0.3 is 25.0 Å². The van der Waals surface area contributed by atoms with E-state index in [0.717, 1.165) is 62.6 Å². The molecule has 0 spiro atoms. The molecule has 42 heavy (non-hydrogen) atoms. The highest BCUT2D eigenvalue weighted by molar-refractivity contribution is 7.14. The second-order valence-corrected chi connectivity index (χ2v) is 12.1. The van der Waals surface area contributed by atoms with Crippen LogP contribution < -0.4 is 20.3 Å². The maximum Gasteiger partial charge on any atom is 0.316 e. The Morgan fingerprint density at radius 1 is 1.12 bits per heavy atom. The highest BCUT2D eigenvalue weighted by Crippen LogP contribution is 2.31. The third-order valence-corrected chi connectivity index (χ3v) is 8.77. The molecule has 0 saturated carbocycles. The maximum atomic E-state index is 13.3. The van der Waals surface area contributed by atoms with Gasteiger partial charge in [-0.1, -0.05) is 6.07 Å². The molecule has 0 aliphatic carbocycles. The molecule has 2 N–H and O–H groups in total. The molecule has 4 heterocycles. The largest absolute Gasteiger partial charge is 0.460 e. The third-order valence-electron chi connectivity index (χ3n) is 7.87. The van der Waals surface area contributed by atoms with Gasteiger partial charge in [0.1, 0.15) is 11.8 Å². The van der Waals surface area contributed by atoms with Gasteiger partial charge in [-0.05, 0) is 57.0 Å². The van der Waals surface area contributed by atoms with Crippen LogP contribution in [0.4, 0.5) is 10.8 Å². The second kappa shape index (κ2) is 13.6. The second-order valence-electron chi connectivity index (χ2n) is 11.3. The molecule has 1 aromatic carbocycles. The van der Waals surface area contributed by atoms with E-state index in [9.17, 15) is 9.59 Å². The van der Waals surface area contributed by atoms with Crippen LogP contribution >= 0.6 is 11.3 Å². The summed E-state index contributed by atoms with van der Waals surface area (Å²) >= 11 is 1.43. The lowest BCUT2D eigenvalue weighted by molar-refractivity contribution is 0.0937. The molecule has 2 amide bonds. The van der Waals surface area contributed by atoms with Crippen LogP contribution in [0.5, 0.6) is 6.01 Å². The predicted molar refractivity (Wildman–Crippen MR) is 162 cm³/mol. The highest BCUT2D eigenvalue weighted by Gasteiger charge is 2.32. The number of carbonyl (C=O) groups is 2. The first kappa shape index (κ1) is 29.9. The fourth-order valence-electron chi connectivity index (χ4n) is 5.39. The Hall–Kier alpha value is -3.61. The van der Waals surface area contributed by atoms with E-state index in [1.165, 1.54) is 11.3 Å². The van der Waals surface area contributed by atoms with Crippen molar-refractivity contribution in [3.05, 3.63) is 58.9 Å². The van der Waals surface area contributed by atoms with Crippen molar-refractivity contribution in [2.45, 2.75) is 57.7 Å². The molecule has 0 unspecified atom stereocenters. The molecular formula is C30H39N7O4S. The molecule has 224 valence electrons. The molecular weight excluding hydrogens is 554 g/mol. The lowest BCUT2D eigenvalue weighted by atomic mass is 10.0. The van der Waals surface area contributed by atoms with Crippen LogP contribution in [0.25, 0.3) is 0 Å². The molecule has 5 rings (SSSR count). The number of carbonyl (C=O) groups excluding carboxylic acids is 2. The summed E-state index contributed by atoms with van der Waals surface area (Å²) < 4.78 is 11.0. The Morgan fingerprint density at radius 3 is 2.62 bits per heavy atom. The van der Waals surface area contributed by atoms with Gasteiger partial charge >= 0.3 is 6.01 Å². The van der Waals surface area contributed by atoms with Gasteiger partial charge in [-0.2, -0.15) is 0 Å².